The lowest BCUT2D eigenvalue weighted by Gasteiger charge is -2.33. The third-order valence-corrected chi connectivity index (χ3v) is 4.06. The minimum absolute atomic E-state index is 0.261. The number of amides is 1. The van der Waals surface area contributed by atoms with E-state index < -0.39 is 5.54 Å². The molecule has 0 aromatic carbocycles. The number of likely N-dealkylation sites (tertiary alicyclic amines) is 1. The zero-order valence-electron chi connectivity index (χ0n) is 12.6. The van der Waals surface area contributed by atoms with E-state index in [-0.39, 0.29) is 5.91 Å². The summed E-state index contributed by atoms with van der Waals surface area (Å²) < 4.78 is 5.42. The third kappa shape index (κ3) is 5.09. The number of carbonyl (C=O) groups is 1. The summed E-state index contributed by atoms with van der Waals surface area (Å²) in [7, 11) is 1.78. The topological polar surface area (TPSA) is 67.6 Å². The van der Waals surface area contributed by atoms with E-state index in [9.17, 15) is 4.79 Å². The predicted octanol–water partition coefficient (Wildman–Crippen LogP) is 0.731. The first-order chi connectivity index (χ1) is 9.01. The van der Waals surface area contributed by atoms with E-state index >= 15 is 0 Å². The van der Waals surface area contributed by atoms with Gasteiger partial charge in [0, 0.05) is 13.7 Å². The largest absolute Gasteiger partial charge is 0.380 e. The minimum atomic E-state index is -0.578. The molecule has 19 heavy (non-hydrogen) atoms. The van der Waals surface area contributed by atoms with Gasteiger partial charge in [0.1, 0.15) is 0 Å². The first-order valence-corrected chi connectivity index (χ1v) is 7.32. The molecule has 2 atom stereocenters. The second-order valence-corrected chi connectivity index (χ2v) is 5.63. The molecule has 1 aliphatic heterocycles. The molecule has 1 aliphatic rings. The molecule has 5 heteroatoms. The van der Waals surface area contributed by atoms with Crippen molar-refractivity contribution in [1.29, 1.82) is 0 Å². The summed E-state index contributed by atoms with van der Waals surface area (Å²) in [5.41, 5.74) is 4.91. The number of ether oxygens (including phenoxy) is 1. The molecule has 0 radical (unpaired) electrons. The van der Waals surface area contributed by atoms with Gasteiger partial charge in [-0.1, -0.05) is 6.92 Å². The van der Waals surface area contributed by atoms with Gasteiger partial charge in [-0.3, -0.25) is 4.79 Å². The Bertz CT molecular complexity index is 286. The fourth-order valence-corrected chi connectivity index (χ4v) is 2.75. The van der Waals surface area contributed by atoms with Gasteiger partial charge in [-0.25, -0.2) is 0 Å². The number of nitrogens with two attached hydrogens (primary N) is 1. The molecule has 0 aliphatic carbocycles. The van der Waals surface area contributed by atoms with Crippen LogP contribution in [0.4, 0.5) is 0 Å². The Balaban J connectivity index is 2.33. The molecule has 0 saturated carbocycles. The van der Waals surface area contributed by atoms with E-state index in [0.29, 0.717) is 6.10 Å². The maximum atomic E-state index is 11.5. The van der Waals surface area contributed by atoms with Crippen molar-refractivity contribution in [3.8, 4) is 0 Å². The molecule has 1 fully saturated rings. The van der Waals surface area contributed by atoms with Gasteiger partial charge in [0.15, 0.2) is 0 Å². The molecule has 0 bridgehead atoms. The highest BCUT2D eigenvalue weighted by atomic mass is 16.5. The van der Waals surface area contributed by atoms with Crippen LogP contribution in [0.1, 0.15) is 39.5 Å². The zero-order valence-corrected chi connectivity index (χ0v) is 12.6. The van der Waals surface area contributed by atoms with Crippen LogP contribution in [0.15, 0.2) is 0 Å². The lowest BCUT2D eigenvalue weighted by molar-refractivity contribution is -0.124. The predicted molar refractivity (Wildman–Crippen MR) is 77.0 cm³/mol. The number of nitrogens with zero attached hydrogens (tertiary/aromatic N) is 1. The lowest BCUT2D eigenvalue weighted by Crippen LogP contribution is -2.53. The van der Waals surface area contributed by atoms with E-state index in [0.717, 1.165) is 45.4 Å². The van der Waals surface area contributed by atoms with Crippen LogP contribution in [0, 0.1) is 0 Å². The Morgan fingerprint density at radius 3 is 2.89 bits per heavy atom. The second-order valence-electron chi connectivity index (χ2n) is 5.63. The summed E-state index contributed by atoms with van der Waals surface area (Å²) in [6, 6.07) is 0. The second kappa shape index (κ2) is 7.82. The molecule has 0 aromatic heterocycles. The van der Waals surface area contributed by atoms with Gasteiger partial charge < -0.3 is 20.7 Å². The number of hydrogen-bond acceptors (Lipinski definition) is 4. The molecule has 1 heterocycles. The van der Waals surface area contributed by atoms with Gasteiger partial charge in [-0.2, -0.15) is 0 Å². The number of primary amides is 1. The average molecular weight is 271 g/mol. The minimum Gasteiger partial charge on any atom is -0.380 e. The van der Waals surface area contributed by atoms with Crippen LogP contribution in [0.25, 0.3) is 0 Å². The molecule has 2 unspecified atom stereocenters. The van der Waals surface area contributed by atoms with Crippen molar-refractivity contribution in [3.05, 3.63) is 0 Å². The number of methoxy groups -OCH3 is 1. The van der Waals surface area contributed by atoms with Crippen LogP contribution < -0.4 is 11.1 Å². The fraction of sp³-hybridized carbons (Fsp3) is 0.929. The summed E-state index contributed by atoms with van der Waals surface area (Å²) in [6.45, 7) is 7.80. The summed E-state index contributed by atoms with van der Waals surface area (Å²) in [4.78, 5) is 13.9. The fourth-order valence-electron chi connectivity index (χ4n) is 2.75. The number of piperidine rings is 1. The van der Waals surface area contributed by atoms with Crippen LogP contribution in [-0.2, 0) is 9.53 Å². The quantitative estimate of drug-likeness (QED) is 0.683. The van der Waals surface area contributed by atoms with E-state index in [4.69, 9.17) is 10.5 Å². The smallest absolute Gasteiger partial charge is 0.237 e. The molecule has 1 rings (SSSR count). The molecule has 112 valence electrons. The Kier molecular flexibility index (Phi) is 6.75. The molecule has 0 spiro atoms. The molecule has 1 saturated heterocycles. The number of carbonyl (C=O) groups excluding carboxylic acids is 1. The van der Waals surface area contributed by atoms with E-state index in [1.807, 2.05) is 13.8 Å². The molecular formula is C14H29N3O2. The summed E-state index contributed by atoms with van der Waals surface area (Å²) in [5, 5.41) is 3.20. The highest BCUT2D eigenvalue weighted by molar-refractivity contribution is 5.84. The lowest BCUT2D eigenvalue weighted by atomic mass is 9.94. The summed E-state index contributed by atoms with van der Waals surface area (Å²) in [6.07, 6.45) is 4.47. The number of hydrogen-bond donors (Lipinski definition) is 2. The highest BCUT2D eigenvalue weighted by Gasteiger charge is 2.29. The van der Waals surface area contributed by atoms with Crippen LogP contribution in [0.3, 0.4) is 0 Å². The van der Waals surface area contributed by atoms with Crippen molar-refractivity contribution >= 4 is 5.91 Å². The summed E-state index contributed by atoms with van der Waals surface area (Å²) in [5.74, 6) is -0.261. The van der Waals surface area contributed by atoms with Gasteiger partial charge in [-0.15, -0.1) is 0 Å². The third-order valence-electron chi connectivity index (χ3n) is 4.06. The van der Waals surface area contributed by atoms with Crippen molar-refractivity contribution in [1.82, 2.24) is 10.2 Å². The standard InChI is InChI=1S/C14H29N3O2/c1-4-16-14(2,13(15)18)8-6-10-17-9-5-7-12(11-17)19-3/h12,16H,4-11H2,1-3H3,(H2,15,18). The van der Waals surface area contributed by atoms with Crippen molar-refractivity contribution in [2.24, 2.45) is 5.73 Å². The summed E-state index contributed by atoms with van der Waals surface area (Å²) >= 11 is 0. The molecule has 5 nitrogen and oxygen atoms in total. The average Bonchev–Trinajstić information content (AvgIpc) is 2.39. The van der Waals surface area contributed by atoms with Crippen LogP contribution in [0.2, 0.25) is 0 Å². The Hall–Kier alpha value is -0.650. The molecule has 0 aromatic rings. The van der Waals surface area contributed by atoms with Crippen LogP contribution in [-0.4, -0.2) is 55.7 Å². The first-order valence-electron chi connectivity index (χ1n) is 7.32. The Labute approximate surface area is 116 Å². The zero-order chi connectivity index (χ0) is 14.3. The SMILES string of the molecule is CCNC(C)(CCCN1CCCC(OC)C1)C(N)=O. The molecular weight excluding hydrogens is 242 g/mol. The van der Waals surface area contributed by atoms with E-state index in [1.54, 1.807) is 7.11 Å². The number of rotatable bonds is 8. The normalized spacial score (nSPS) is 24.1. The van der Waals surface area contributed by atoms with Crippen molar-refractivity contribution in [3.63, 3.8) is 0 Å². The maximum absolute atomic E-state index is 11.5. The number of likely N-dealkylation sites (N-methyl/N-ethyl adjacent to an activating group) is 1. The Morgan fingerprint density at radius 2 is 2.32 bits per heavy atom. The Morgan fingerprint density at radius 1 is 1.58 bits per heavy atom. The van der Waals surface area contributed by atoms with Crippen molar-refractivity contribution in [2.75, 3.05) is 33.3 Å². The van der Waals surface area contributed by atoms with Gasteiger partial charge in [-0.05, 0) is 52.2 Å². The van der Waals surface area contributed by atoms with E-state index in [1.165, 1.54) is 6.42 Å². The number of nitrogens with one attached hydrogen (secondary N) is 1. The van der Waals surface area contributed by atoms with Gasteiger partial charge in [0.2, 0.25) is 5.91 Å². The monoisotopic (exact) mass is 271 g/mol. The maximum Gasteiger partial charge on any atom is 0.237 e. The van der Waals surface area contributed by atoms with Gasteiger partial charge in [0.05, 0.1) is 11.6 Å². The highest BCUT2D eigenvalue weighted by Crippen LogP contribution is 2.16. The molecule has 3 N–H and O–H groups in total. The van der Waals surface area contributed by atoms with Crippen molar-refractivity contribution in [2.45, 2.75) is 51.2 Å². The van der Waals surface area contributed by atoms with Gasteiger partial charge in [0.25, 0.3) is 0 Å². The van der Waals surface area contributed by atoms with Crippen LogP contribution >= 0.6 is 0 Å². The van der Waals surface area contributed by atoms with Gasteiger partial charge >= 0.3 is 0 Å². The molecule has 1 amide bonds. The van der Waals surface area contributed by atoms with E-state index in [2.05, 4.69) is 10.2 Å². The van der Waals surface area contributed by atoms with Crippen molar-refractivity contribution < 1.29 is 9.53 Å². The van der Waals surface area contributed by atoms with Crippen LogP contribution in [0.5, 0.6) is 0 Å². The first kappa shape index (κ1) is 16.4.